The van der Waals surface area contributed by atoms with E-state index in [2.05, 4.69) is 21.2 Å². The number of piperidine rings is 2. The fourth-order valence-corrected chi connectivity index (χ4v) is 6.26. The van der Waals surface area contributed by atoms with E-state index < -0.39 is 35.9 Å². The van der Waals surface area contributed by atoms with E-state index in [1.807, 2.05) is 0 Å². The molecule has 43 heavy (non-hydrogen) atoms. The van der Waals surface area contributed by atoms with Gasteiger partial charge < -0.3 is 10.2 Å². The van der Waals surface area contributed by atoms with E-state index in [-0.39, 0.29) is 17.2 Å². The van der Waals surface area contributed by atoms with Crippen LogP contribution in [0.3, 0.4) is 0 Å². The zero-order valence-electron chi connectivity index (χ0n) is 23.5. The monoisotopic (exact) mass is 602 g/mol. The number of nitriles is 1. The summed E-state index contributed by atoms with van der Waals surface area (Å²) in [5.74, 6) is -0.669. The van der Waals surface area contributed by atoms with Gasteiger partial charge in [0.1, 0.15) is 0 Å². The van der Waals surface area contributed by atoms with Crippen LogP contribution in [0, 0.1) is 11.3 Å². The molecule has 2 heterocycles. The highest BCUT2D eigenvalue weighted by atomic mass is 19.4. The lowest BCUT2D eigenvalue weighted by Crippen LogP contribution is -2.46. The van der Waals surface area contributed by atoms with Crippen LogP contribution < -0.4 is 5.32 Å². The molecule has 2 aliphatic heterocycles. The van der Waals surface area contributed by atoms with Crippen molar-refractivity contribution in [2.24, 2.45) is 0 Å². The molecular formula is C32H32F6N4O. The third-order valence-corrected chi connectivity index (χ3v) is 8.45. The number of likely N-dealkylation sites (tertiary alicyclic amines) is 2. The number of halogens is 6. The third kappa shape index (κ3) is 7.13. The van der Waals surface area contributed by atoms with Gasteiger partial charge in [-0.15, -0.1) is 0 Å². The van der Waals surface area contributed by atoms with E-state index in [1.54, 1.807) is 30.3 Å². The second-order valence-corrected chi connectivity index (χ2v) is 11.3. The number of nitrogens with one attached hydrogen (secondary N) is 1. The number of benzene rings is 3. The lowest BCUT2D eigenvalue weighted by molar-refractivity contribution is -0.143. The van der Waals surface area contributed by atoms with E-state index in [4.69, 9.17) is 0 Å². The van der Waals surface area contributed by atoms with E-state index in [0.29, 0.717) is 46.6 Å². The highest BCUT2D eigenvalue weighted by molar-refractivity contribution is 6.09. The Bertz CT molecular complexity index is 1480. The van der Waals surface area contributed by atoms with Gasteiger partial charge in [-0.2, -0.15) is 31.6 Å². The molecule has 228 valence electrons. The Balaban J connectivity index is 1.42. The molecule has 0 spiro atoms. The Labute approximate surface area is 246 Å². The second-order valence-electron chi connectivity index (χ2n) is 11.3. The molecule has 5 nitrogen and oxygen atoms in total. The minimum absolute atomic E-state index is 0.0573. The minimum atomic E-state index is -4.99. The first-order valence-corrected chi connectivity index (χ1v) is 14.4. The molecule has 11 heteroatoms. The van der Waals surface area contributed by atoms with Gasteiger partial charge in [-0.1, -0.05) is 30.7 Å². The maximum absolute atomic E-state index is 13.7. The number of amides is 1. The van der Waals surface area contributed by atoms with Gasteiger partial charge in [0, 0.05) is 19.1 Å². The number of fused-ring (bicyclic) bond motifs is 1. The van der Waals surface area contributed by atoms with Gasteiger partial charge in [-0.25, -0.2) is 0 Å². The molecule has 1 N–H and O–H groups in total. The van der Waals surface area contributed by atoms with Crippen molar-refractivity contribution >= 4 is 16.7 Å². The van der Waals surface area contributed by atoms with Crippen LogP contribution in [0.1, 0.15) is 70.3 Å². The Morgan fingerprint density at radius 3 is 2.12 bits per heavy atom. The number of hydrogen-bond acceptors (Lipinski definition) is 4. The number of carbonyl (C=O) groups is 1. The number of hydrogen-bond donors (Lipinski definition) is 1. The number of carbonyl (C=O) groups excluding carboxylic acids is 1. The van der Waals surface area contributed by atoms with Crippen molar-refractivity contribution in [1.29, 1.82) is 5.26 Å². The van der Waals surface area contributed by atoms with Crippen LogP contribution >= 0.6 is 0 Å². The first-order valence-electron chi connectivity index (χ1n) is 14.4. The molecule has 3 aromatic rings. The summed E-state index contributed by atoms with van der Waals surface area (Å²) in [5, 5.41) is 13.8. The SMILES string of the molecule is N#Cc1cc2ccccc2c(C(=O)NCc2cc(C(F)(F)F)cc(C(F)(F)F)c2)c1CN1CCC(N2CCCCC2)CC1. The Kier molecular flexibility index (Phi) is 8.99. The number of rotatable bonds is 6. The molecule has 0 radical (unpaired) electrons. The van der Waals surface area contributed by atoms with Gasteiger partial charge in [0.15, 0.2) is 0 Å². The molecule has 0 aromatic heterocycles. The summed E-state index contributed by atoms with van der Waals surface area (Å²) in [6.45, 7) is 3.54. The zero-order chi connectivity index (χ0) is 30.8. The minimum Gasteiger partial charge on any atom is -0.348 e. The van der Waals surface area contributed by atoms with Crippen molar-refractivity contribution in [2.75, 3.05) is 26.2 Å². The summed E-state index contributed by atoms with van der Waals surface area (Å²) in [7, 11) is 0. The van der Waals surface area contributed by atoms with Crippen LogP contribution in [0.5, 0.6) is 0 Å². The first kappa shape index (κ1) is 30.8. The van der Waals surface area contributed by atoms with Gasteiger partial charge in [0.2, 0.25) is 0 Å². The fourth-order valence-electron chi connectivity index (χ4n) is 6.26. The molecule has 2 fully saturated rings. The molecule has 5 rings (SSSR count). The van der Waals surface area contributed by atoms with E-state index in [1.165, 1.54) is 19.3 Å². The Morgan fingerprint density at radius 1 is 0.884 bits per heavy atom. The highest BCUT2D eigenvalue weighted by Gasteiger charge is 2.37. The summed E-state index contributed by atoms with van der Waals surface area (Å²) < 4.78 is 80.2. The lowest BCUT2D eigenvalue weighted by Gasteiger charge is -2.40. The van der Waals surface area contributed by atoms with E-state index >= 15 is 0 Å². The molecule has 0 aliphatic carbocycles. The van der Waals surface area contributed by atoms with Crippen molar-refractivity contribution < 1.29 is 31.1 Å². The molecule has 0 atom stereocenters. The topological polar surface area (TPSA) is 59.4 Å². The van der Waals surface area contributed by atoms with Crippen LogP contribution in [0.2, 0.25) is 0 Å². The predicted octanol–water partition coefficient (Wildman–Crippen LogP) is 7.13. The maximum atomic E-state index is 13.7. The van der Waals surface area contributed by atoms with Crippen molar-refractivity contribution in [3.8, 4) is 6.07 Å². The second kappa shape index (κ2) is 12.5. The third-order valence-electron chi connectivity index (χ3n) is 8.45. The number of nitrogens with zero attached hydrogens (tertiary/aromatic N) is 3. The molecule has 1 amide bonds. The average Bonchev–Trinajstić information content (AvgIpc) is 2.99. The lowest BCUT2D eigenvalue weighted by atomic mass is 9.92. The molecule has 0 unspecified atom stereocenters. The predicted molar refractivity (Wildman–Crippen MR) is 150 cm³/mol. The van der Waals surface area contributed by atoms with Crippen molar-refractivity contribution in [1.82, 2.24) is 15.1 Å². The zero-order valence-corrected chi connectivity index (χ0v) is 23.5. The molecular weight excluding hydrogens is 570 g/mol. The van der Waals surface area contributed by atoms with Gasteiger partial charge in [-0.05, 0) is 98.0 Å². The fraction of sp³-hybridized carbons (Fsp3) is 0.438. The summed E-state index contributed by atoms with van der Waals surface area (Å²) in [4.78, 5) is 18.4. The molecule has 2 aliphatic rings. The van der Waals surface area contributed by atoms with E-state index in [9.17, 15) is 36.4 Å². The van der Waals surface area contributed by atoms with Crippen molar-refractivity contribution in [2.45, 2.75) is 63.6 Å². The summed E-state index contributed by atoms with van der Waals surface area (Å²) in [6.07, 6.45) is -4.38. The van der Waals surface area contributed by atoms with Gasteiger partial charge in [0.05, 0.1) is 28.3 Å². The number of alkyl halides is 6. The van der Waals surface area contributed by atoms with Crippen LogP contribution in [-0.2, 0) is 25.4 Å². The molecule has 3 aromatic carbocycles. The smallest absolute Gasteiger partial charge is 0.348 e. The van der Waals surface area contributed by atoms with Crippen molar-refractivity contribution in [3.05, 3.63) is 81.9 Å². The summed E-state index contributed by atoms with van der Waals surface area (Å²) in [6, 6.07) is 12.6. The van der Waals surface area contributed by atoms with Gasteiger partial charge in [0.25, 0.3) is 5.91 Å². The molecule has 0 saturated carbocycles. The summed E-state index contributed by atoms with van der Waals surface area (Å²) in [5.41, 5.74) is -2.22. The van der Waals surface area contributed by atoms with Crippen LogP contribution in [0.15, 0.2) is 48.5 Å². The van der Waals surface area contributed by atoms with Gasteiger partial charge in [-0.3, -0.25) is 9.69 Å². The van der Waals surface area contributed by atoms with Gasteiger partial charge >= 0.3 is 12.4 Å². The molecule has 2 saturated heterocycles. The normalized spacial score (nSPS) is 17.6. The first-order chi connectivity index (χ1) is 20.4. The largest absolute Gasteiger partial charge is 0.416 e. The Hall–Kier alpha value is -3.62. The Morgan fingerprint density at radius 2 is 1.51 bits per heavy atom. The average molecular weight is 603 g/mol. The highest BCUT2D eigenvalue weighted by Crippen LogP contribution is 2.36. The van der Waals surface area contributed by atoms with E-state index in [0.717, 1.165) is 39.0 Å². The quantitative estimate of drug-likeness (QED) is 0.305. The standard InChI is InChI=1S/C32H32F6N4O/c33-31(34,35)24-14-21(15-25(17-24)32(36,37)38)19-40-30(43)29-27-7-3-2-6-22(27)16-23(18-39)28(29)20-41-12-8-26(9-13-41)42-10-4-1-5-11-42/h2-3,6-7,14-17,26H,1,4-5,8-13,19-20H2,(H,40,43). The maximum Gasteiger partial charge on any atom is 0.416 e. The van der Waals surface area contributed by atoms with Crippen molar-refractivity contribution in [3.63, 3.8) is 0 Å². The summed E-state index contributed by atoms with van der Waals surface area (Å²) >= 11 is 0. The van der Waals surface area contributed by atoms with Crippen LogP contribution in [-0.4, -0.2) is 47.9 Å². The molecule has 0 bridgehead atoms. The van der Waals surface area contributed by atoms with Crippen LogP contribution in [0.4, 0.5) is 26.3 Å². The van der Waals surface area contributed by atoms with Crippen LogP contribution in [0.25, 0.3) is 10.8 Å².